The first kappa shape index (κ1) is 3.99. The minimum Gasteiger partial charge on any atom is -0.392 e. The second-order valence-corrected chi connectivity index (χ2v) is 1.10. The maximum atomic E-state index is 9.88. The molecule has 3 heteroatoms. The Morgan fingerprint density at radius 3 is 3.00 bits per heavy atom. The highest BCUT2D eigenvalue weighted by Crippen LogP contribution is 1.92. The highest BCUT2D eigenvalue weighted by Gasteiger charge is 1.83. The van der Waals surface area contributed by atoms with Gasteiger partial charge in [-0.2, -0.15) is 0 Å². The van der Waals surface area contributed by atoms with E-state index >= 15 is 0 Å². The van der Waals surface area contributed by atoms with Crippen LogP contribution in [0.1, 0.15) is 8.29 Å². The Hall–Kier alpha value is -0.180. The number of hydrogen-bond acceptors (Lipinski definition) is 3. The quantitative estimate of drug-likeness (QED) is 0.464. The molecule has 0 N–H and O–H groups in total. The van der Waals surface area contributed by atoms with Crippen LogP contribution in [0.3, 0.4) is 0 Å². The molecule has 0 aliphatic heterocycles. The zero-order valence-corrected chi connectivity index (χ0v) is 4.25. The first-order valence-electron chi connectivity index (χ1n) is 2.07. The Balaban J connectivity index is 2.82. The van der Waals surface area contributed by atoms with Crippen molar-refractivity contribution in [1.82, 2.24) is 0 Å². The fraction of sp³-hybridized carbons (Fsp3) is 0.667. The maximum Gasteiger partial charge on any atom is 0.314 e. The van der Waals surface area contributed by atoms with Gasteiger partial charge in [0, 0.05) is 14.5 Å². The predicted molar refractivity (Wildman–Crippen MR) is 25.3 cm³/mol. The molecular weight excluding hydrogens is 100 g/mol. The van der Waals surface area contributed by atoms with E-state index < -0.39 is 0 Å². The normalized spacial score (nSPS) is 9.83. The van der Waals surface area contributed by atoms with Crippen LogP contribution in [0.5, 0.6) is 0 Å². The molecule has 36 valence electrons. The average molecular weight is 107 g/mol. The molecule has 0 heterocycles. The Bertz CT molecular complexity index is 66.0. The van der Waals surface area contributed by atoms with Crippen LogP contribution < -0.4 is 0 Å². The van der Waals surface area contributed by atoms with Gasteiger partial charge >= 0.3 is 5.97 Å². The second kappa shape index (κ2) is 3.03. The molecule has 0 spiro atoms. The highest BCUT2D eigenvalue weighted by atomic mass is 32.2. The summed E-state index contributed by atoms with van der Waals surface area (Å²) in [6.45, 7) is 1.31. The first-order valence-corrected chi connectivity index (χ1v) is 2.27. The van der Waals surface area contributed by atoms with Crippen molar-refractivity contribution >= 4 is 18.0 Å². The van der Waals surface area contributed by atoms with E-state index in [4.69, 9.17) is 1.37 Å². The number of hydrogen-bond donors (Lipinski definition) is 0. The lowest BCUT2D eigenvalue weighted by atomic mass is 10.9. The largest absolute Gasteiger partial charge is 0.392 e. The van der Waals surface area contributed by atoms with Crippen molar-refractivity contribution in [3.63, 3.8) is 0 Å². The van der Waals surface area contributed by atoms with E-state index in [-0.39, 0.29) is 12.2 Å². The van der Waals surface area contributed by atoms with E-state index in [1.165, 1.54) is 6.92 Å². The lowest BCUT2D eigenvalue weighted by Crippen LogP contribution is -1.86. The fourth-order valence-corrected chi connectivity index (χ4v) is 0.249. The van der Waals surface area contributed by atoms with Crippen molar-refractivity contribution in [2.45, 2.75) is 6.92 Å². The van der Waals surface area contributed by atoms with Gasteiger partial charge in [-0.3, -0.25) is 4.79 Å². The summed E-state index contributed by atoms with van der Waals surface area (Å²) >= 11 is 0.833. The molecule has 0 unspecified atom stereocenters. The van der Waals surface area contributed by atoms with Crippen molar-refractivity contribution < 1.29 is 10.3 Å². The van der Waals surface area contributed by atoms with E-state index in [2.05, 4.69) is 4.18 Å². The molecule has 0 aromatic heterocycles. The number of rotatable bonds is 1. The van der Waals surface area contributed by atoms with Gasteiger partial charge in [0.15, 0.2) is 0 Å². The fourth-order valence-electron chi connectivity index (χ4n) is 0.0830. The lowest BCUT2D eigenvalue weighted by Gasteiger charge is -1.86. The third kappa shape index (κ3) is 3.82. The molecule has 2 nitrogen and oxygen atoms in total. The minimum absolute atomic E-state index is 0.0690. The third-order valence-corrected chi connectivity index (χ3v) is 0.529. The zero-order valence-electron chi connectivity index (χ0n) is 4.43. The topological polar surface area (TPSA) is 26.3 Å². The van der Waals surface area contributed by atoms with Gasteiger partial charge in [-0.25, -0.2) is 0 Å². The summed E-state index contributed by atoms with van der Waals surface area (Å²) in [5.41, 5.74) is 0. The molecular formula is C3H6O2S. The molecule has 0 aliphatic rings. The van der Waals surface area contributed by atoms with Crippen molar-refractivity contribution in [2.75, 3.05) is 6.23 Å². The molecule has 6 heavy (non-hydrogen) atoms. The monoisotopic (exact) mass is 107 g/mol. The van der Waals surface area contributed by atoms with Gasteiger partial charge in [0.05, 0.1) is 12.0 Å². The standard InChI is InChI=1S/C3H6O2S/c1-3(4)5-6-2/h1-2H3/i2D. The smallest absolute Gasteiger partial charge is 0.314 e. The highest BCUT2D eigenvalue weighted by molar-refractivity contribution is 7.94. The van der Waals surface area contributed by atoms with E-state index in [9.17, 15) is 4.79 Å². The number of carbonyl (C=O) groups is 1. The van der Waals surface area contributed by atoms with Gasteiger partial charge in [0.25, 0.3) is 0 Å². The van der Waals surface area contributed by atoms with E-state index in [1.54, 1.807) is 0 Å². The molecule has 0 aromatic carbocycles. The summed E-state index contributed by atoms with van der Waals surface area (Å²) in [4.78, 5) is 9.88. The van der Waals surface area contributed by atoms with Crippen molar-refractivity contribution in [3.05, 3.63) is 0 Å². The van der Waals surface area contributed by atoms with E-state index in [0.717, 1.165) is 12.0 Å². The summed E-state index contributed by atoms with van der Waals surface area (Å²) in [6, 6.07) is 0. The van der Waals surface area contributed by atoms with Crippen LogP contribution in [0.25, 0.3) is 0 Å². The van der Waals surface area contributed by atoms with Crippen LogP contribution in [0.4, 0.5) is 0 Å². The minimum atomic E-state index is -0.350. The third-order valence-electron chi connectivity index (χ3n) is 0.176. The van der Waals surface area contributed by atoms with Gasteiger partial charge in [0.2, 0.25) is 0 Å². The summed E-state index contributed by atoms with van der Waals surface area (Å²) in [5.74, 6) is -0.350. The van der Waals surface area contributed by atoms with Crippen LogP contribution in [0.2, 0.25) is 0 Å². The predicted octanol–water partition coefficient (Wildman–Crippen LogP) is 0.827. The summed E-state index contributed by atoms with van der Waals surface area (Å²) in [5, 5.41) is 0. The zero-order chi connectivity index (χ0) is 5.70. The molecule has 0 aliphatic carbocycles. The maximum absolute atomic E-state index is 9.88. The van der Waals surface area contributed by atoms with E-state index in [0.29, 0.717) is 0 Å². The molecule has 0 saturated heterocycles. The molecule has 0 radical (unpaired) electrons. The van der Waals surface area contributed by atoms with Gasteiger partial charge in [0.1, 0.15) is 0 Å². The van der Waals surface area contributed by atoms with Crippen LogP contribution in [-0.4, -0.2) is 12.2 Å². The van der Waals surface area contributed by atoms with Crippen molar-refractivity contribution in [2.24, 2.45) is 0 Å². The Labute approximate surface area is 42.5 Å². The molecule has 0 bridgehead atoms. The van der Waals surface area contributed by atoms with Crippen LogP contribution in [0, 0.1) is 0 Å². The van der Waals surface area contributed by atoms with Crippen molar-refractivity contribution in [3.8, 4) is 0 Å². The molecule has 0 saturated carbocycles. The van der Waals surface area contributed by atoms with Crippen LogP contribution in [-0.2, 0) is 8.98 Å². The Morgan fingerprint density at radius 2 is 2.83 bits per heavy atom. The van der Waals surface area contributed by atoms with Gasteiger partial charge in [-0.15, -0.1) is 0 Å². The van der Waals surface area contributed by atoms with Gasteiger partial charge in [-0.1, -0.05) is 0 Å². The van der Waals surface area contributed by atoms with E-state index in [1.807, 2.05) is 0 Å². The SMILES string of the molecule is [2H]CSOC(C)=O. The first-order chi connectivity index (χ1) is 3.27. The Kier molecular flexibility index (Phi) is 2.01. The average Bonchev–Trinajstić information content (AvgIpc) is 1.61. The Morgan fingerprint density at radius 1 is 2.17 bits per heavy atom. The summed E-state index contributed by atoms with van der Waals surface area (Å²) in [7, 11) is 0. The number of carbonyl (C=O) groups excluding carboxylic acids is 1. The van der Waals surface area contributed by atoms with Gasteiger partial charge in [-0.05, 0) is 0 Å². The second-order valence-electron chi connectivity index (χ2n) is 0.693. The molecule has 0 fully saturated rings. The lowest BCUT2D eigenvalue weighted by molar-refractivity contribution is -0.130. The summed E-state index contributed by atoms with van der Waals surface area (Å²) in [6.07, 6.45) is 0.0690. The molecule has 0 aromatic rings. The van der Waals surface area contributed by atoms with Crippen molar-refractivity contribution in [1.29, 1.82) is 0 Å². The summed E-state index contributed by atoms with van der Waals surface area (Å²) < 4.78 is 10.8. The van der Waals surface area contributed by atoms with Crippen LogP contribution in [0.15, 0.2) is 0 Å². The molecule has 0 rings (SSSR count). The van der Waals surface area contributed by atoms with Crippen LogP contribution >= 0.6 is 12.0 Å². The molecule has 0 atom stereocenters. The molecule has 0 amide bonds. The van der Waals surface area contributed by atoms with Gasteiger partial charge < -0.3 is 4.18 Å².